The Morgan fingerprint density at radius 3 is 2.73 bits per heavy atom. The molecule has 140 valence electrons. The fourth-order valence-electron chi connectivity index (χ4n) is 3.74. The number of hydrogen-bond acceptors (Lipinski definition) is 5. The lowest BCUT2D eigenvalue weighted by atomic mass is 10.0. The molecule has 1 unspecified atom stereocenters. The van der Waals surface area contributed by atoms with Gasteiger partial charge in [-0.3, -0.25) is 15.0 Å². The Kier molecular flexibility index (Phi) is 5.56. The van der Waals surface area contributed by atoms with Gasteiger partial charge in [0.25, 0.3) is 0 Å². The van der Waals surface area contributed by atoms with Gasteiger partial charge in [-0.2, -0.15) is 5.10 Å². The van der Waals surface area contributed by atoms with Crippen LogP contribution in [-0.2, 0) is 20.1 Å². The standard InChI is InChI=1S/C19H27N5O2/c1-14-8-6-7-11-23(14)13-17-10-5-4-9-16(17)12-20-19-18(24(25)26)15(2)21-22(19)3/h4-5,9-10,14,20H,6-8,11-13H2,1-3H3. The minimum Gasteiger partial charge on any atom is -0.360 e. The summed E-state index contributed by atoms with van der Waals surface area (Å²) in [6.45, 7) is 6.55. The number of rotatable bonds is 6. The van der Waals surface area contributed by atoms with Crippen LogP contribution in [0.5, 0.6) is 0 Å². The third kappa shape index (κ3) is 3.88. The van der Waals surface area contributed by atoms with E-state index in [2.05, 4.69) is 40.4 Å². The minimum atomic E-state index is -0.369. The molecule has 1 atom stereocenters. The number of likely N-dealkylation sites (tertiary alicyclic amines) is 1. The van der Waals surface area contributed by atoms with Gasteiger partial charge in [-0.1, -0.05) is 30.7 Å². The minimum absolute atomic E-state index is 0.0506. The van der Waals surface area contributed by atoms with Gasteiger partial charge in [0.05, 0.1) is 4.92 Å². The van der Waals surface area contributed by atoms with Gasteiger partial charge in [0.2, 0.25) is 5.82 Å². The molecule has 0 amide bonds. The number of piperidine rings is 1. The lowest BCUT2D eigenvalue weighted by Crippen LogP contribution is -2.37. The van der Waals surface area contributed by atoms with Crippen LogP contribution in [0.3, 0.4) is 0 Å². The van der Waals surface area contributed by atoms with Crippen LogP contribution in [0.15, 0.2) is 24.3 Å². The second kappa shape index (κ2) is 7.86. The Morgan fingerprint density at radius 1 is 1.31 bits per heavy atom. The SMILES string of the molecule is Cc1nn(C)c(NCc2ccccc2CN2CCCCC2C)c1[N+](=O)[O-]. The summed E-state index contributed by atoms with van der Waals surface area (Å²) in [5, 5.41) is 18.7. The van der Waals surface area contributed by atoms with Crippen molar-refractivity contribution in [1.82, 2.24) is 14.7 Å². The Hall–Kier alpha value is -2.41. The summed E-state index contributed by atoms with van der Waals surface area (Å²) in [5.74, 6) is 0.452. The van der Waals surface area contributed by atoms with Crippen molar-refractivity contribution < 1.29 is 4.92 Å². The van der Waals surface area contributed by atoms with E-state index in [-0.39, 0.29) is 10.6 Å². The number of aromatic nitrogens is 2. The summed E-state index contributed by atoms with van der Waals surface area (Å²) >= 11 is 0. The third-order valence-corrected chi connectivity index (χ3v) is 5.25. The highest BCUT2D eigenvalue weighted by atomic mass is 16.6. The lowest BCUT2D eigenvalue weighted by molar-refractivity contribution is -0.384. The smallest absolute Gasteiger partial charge is 0.333 e. The van der Waals surface area contributed by atoms with Gasteiger partial charge in [0, 0.05) is 26.2 Å². The second-order valence-corrected chi connectivity index (χ2v) is 7.10. The molecule has 2 aromatic rings. The zero-order chi connectivity index (χ0) is 18.7. The molecule has 0 saturated carbocycles. The third-order valence-electron chi connectivity index (χ3n) is 5.25. The fourth-order valence-corrected chi connectivity index (χ4v) is 3.74. The normalized spacial score (nSPS) is 18.0. The predicted molar refractivity (Wildman–Crippen MR) is 102 cm³/mol. The summed E-state index contributed by atoms with van der Waals surface area (Å²) in [6.07, 6.45) is 3.82. The van der Waals surface area contributed by atoms with E-state index in [0.29, 0.717) is 24.1 Å². The van der Waals surface area contributed by atoms with Gasteiger partial charge in [0.1, 0.15) is 5.69 Å². The van der Waals surface area contributed by atoms with E-state index in [4.69, 9.17) is 0 Å². The molecular formula is C19H27N5O2. The van der Waals surface area contributed by atoms with Crippen LogP contribution in [0.25, 0.3) is 0 Å². The number of benzene rings is 1. The molecule has 0 radical (unpaired) electrons. The monoisotopic (exact) mass is 357 g/mol. The van der Waals surface area contributed by atoms with Crippen LogP contribution >= 0.6 is 0 Å². The molecule has 0 bridgehead atoms. The zero-order valence-corrected chi connectivity index (χ0v) is 15.7. The van der Waals surface area contributed by atoms with Crippen LogP contribution < -0.4 is 5.32 Å². The predicted octanol–water partition coefficient (Wildman–Crippen LogP) is 3.62. The summed E-state index contributed by atoms with van der Waals surface area (Å²) < 4.78 is 1.54. The molecular weight excluding hydrogens is 330 g/mol. The Bertz CT molecular complexity index is 786. The van der Waals surface area contributed by atoms with E-state index < -0.39 is 0 Å². The molecule has 1 N–H and O–H groups in total. The van der Waals surface area contributed by atoms with Crippen molar-refractivity contribution in [2.75, 3.05) is 11.9 Å². The summed E-state index contributed by atoms with van der Waals surface area (Å²) in [5.41, 5.74) is 2.92. The summed E-state index contributed by atoms with van der Waals surface area (Å²) in [7, 11) is 1.73. The molecule has 1 saturated heterocycles. The van der Waals surface area contributed by atoms with Crippen LogP contribution in [-0.4, -0.2) is 32.2 Å². The van der Waals surface area contributed by atoms with E-state index in [0.717, 1.165) is 13.1 Å². The molecule has 7 heteroatoms. The molecule has 26 heavy (non-hydrogen) atoms. The van der Waals surface area contributed by atoms with Gasteiger partial charge in [-0.15, -0.1) is 0 Å². The first-order valence-electron chi connectivity index (χ1n) is 9.20. The molecule has 1 aliphatic heterocycles. The molecule has 1 aromatic heterocycles. The topological polar surface area (TPSA) is 76.2 Å². The maximum atomic E-state index is 11.3. The molecule has 7 nitrogen and oxygen atoms in total. The van der Waals surface area contributed by atoms with Crippen molar-refractivity contribution in [2.45, 2.75) is 52.2 Å². The molecule has 2 heterocycles. The number of hydrogen-bond donors (Lipinski definition) is 1. The Morgan fingerprint density at radius 2 is 2.04 bits per heavy atom. The molecule has 1 fully saturated rings. The first-order valence-corrected chi connectivity index (χ1v) is 9.20. The number of aryl methyl sites for hydroxylation is 2. The van der Waals surface area contributed by atoms with Crippen LogP contribution in [0, 0.1) is 17.0 Å². The van der Waals surface area contributed by atoms with Crippen molar-refractivity contribution in [1.29, 1.82) is 0 Å². The average Bonchev–Trinajstić information content (AvgIpc) is 2.89. The highest BCUT2D eigenvalue weighted by Crippen LogP contribution is 2.28. The van der Waals surface area contributed by atoms with Gasteiger partial charge in [-0.05, 0) is 44.4 Å². The van der Waals surface area contributed by atoms with Crippen LogP contribution in [0.4, 0.5) is 11.5 Å². The Balaban J connectivity index is 1.76. The first-order chi connectivity index (χ1) is 12.5. The van der Waals surface area contributed by atoms with Crippen LogP contribution in [0.1, 0.15) is 43.0 Å². The molecule has 1 aliphatic rings. The van der Waals surface area contributed by atoms with Gasteiger partial charge >= 0.3 is 5.69 Å². The van der Waals surface area contributed by atoms with Gasteiger partial charge in [-0.25, -0.2) is 4.68 Å². The fraction of sp³-hybridized carbons (Fsp3) is 0.526. The molecule has 3 rings (SSSR count). The molecule has 1 aromatic carbocycles. The van der Waals surface area contributed by atoms with E-state index in [1.807, 2.05) is 6.07 Å². The lowest BCUT2D eigenvalue weighted by Gasteiger charge is -2.33. The van der Waals surface area contributed by atoms with Crippen molar-refractivity contribution in [3.63, 3.8) is 0 Å². The van der Waals surface area contributed by atoms with Crippen LogP contribution in [0.2, 0.25) is 0 Å². The van der Waals surface area contributed by atoms with E-state index in [1.165, 1.54) is 30.4 Å². The zero-order valence-electron chi connectivity index (χ0n) is 15.7. The maximum absolute atomic E-state index is 11.3. The van der Waals surface area contributed by atoms with E-state index >= 15 is 0 Å². The van der Waals surface area contributed by atoms with Gasteiger partial charge in [0.15, 0.2) is 0 Å². The van der Waals surface area contributed by atoms with E-state index in [9.17, 15) is 10.1 Å². The van der Waals surface area contributed by atoms with Crippen molar-refractivity contribution in [3.05, 3.63) is 51.2 Å². The van der Waals surface area contributed by atoms with Gasteiger partial charge < -0.3 is 5.32 Å². The number of anilines is 1. The van der Waals surface area contributed by atoms with Crippen molar-refractivity contribution in [3.8, 4) is 0 Å². The average molecular weight is 357 g/mol. The first kappa shape index (κ1) is 18.4. The van der Waals surface area contributed by atoms with E-state index in [1.54, 1.807) is 18.7 Å². The highest BCUT2D eigenvalue weighted by Gasteiger charge is 2.24. The highest BCUT2D eigenvalue weighted by molar-refractivity contribution is 5.59. The van der Waals surface area contributed by atoms with Crippen molar-refractivity contribution >= 4 is 11.5 Å². The maximum Gasteiger partial charge on any atom is 0.333 e. The second-order valence-electron chi connectivity index (χ2n) is 7.10. The summed E-state index contributed by atoms with van der Waals surface area (Å²) in [6, 6.07) is 8.92. The van der Waals surface area contributed by atoms with Crippen molar-refractivity contribution in [2.24, 2.45) is 7.05 Å². The quantitative estimate of drug-likeness (QED) is 0.631. The molecule has 0 spiro atoms. The Labute approximate surface area is 154 Å². The molecule has 0 aliphatic carbocycles. The number of nitrogens with one attached hydrogen (secondary N) is 1. The summed E-state index contributed by atoms with van der Waals surface area (Å²) in [4.78, 5) is 13.5. The largest absolute Gasteiger partial charge is 0.360 e. The number of nitrogens with zero attached hydrogens (tertiary/aromatic N) is 4. The number of nitro groups is 1.